The zero-order valence-electron chi connectivity index (χ0n) is 11.5. The van der Waals surface area contributed by atoms with Crippen molar-refractivity contribution in [2.45, 2.75) is 32.7 Å². The summed E-state index contributed by atoms with van der Waals surface area (Å²) in [5.41, 5.74) is 0. The number of rotatable bonds is 7. The molecule has 106 valence electrons. The highest BCUT2D eigenvalue weighted by molar-refractivity contribution is 5.71. The second-order valence-corrected chi connectivity index (χ2v) is 4.88. The standard InChI is InChI=1S/C13H26N2O3/c1-3-11-7-12(14-5-6-16)9-15(8-11)10-13(17)18-4-2/h11-12,14,16H,3-10H2,1-2H3. The van der Waals surface area contributed by atoms with Gasteiger partial charge < -0.3 is 15.2 Å². The van der Waals surface area contributed by atoms with Gasteiger partial charge in [-0.05, 0) is 19.3 Å². The summed E-state index contributed by atoms with van der Waals surface area (Å²) >= 11 is 0. The third-order valence-electron chi connectivity index (χ3n) is 3.39. The van der Waals surface area contributed by atoms with Crippen molar-refractivity contribution in [1.82, 2.24) is 10.2 Å². The highest BCUT2D eigenvalue weighted by atomic mass is 16.5. The van der Waals surface area contributed by atoms with E-state index in [4.69, 9.17) is 9.84 Å². The smallest absolute Gasteiger partial charge is 0.320 e. The Labute approximate surface area is 109 Å². The topological polar surface area (TPSA) is 61.8 Å². The fourth-order valence-electron chi connectivity index (χ4n) is 2.53. The van der Waals surface area contributed by atoms with E-state index in [2.05, 4.69) is 17.1 Å². The number of nitrogens with one attached hydrogen (secondary N) is 1. The Morgan fingerprint density at radius 2 is 2.22 bits per heavy atom. The maximum absolute atomic E-state index is 11.5. The summed E-state index contributed by atoms with van der Waals surface area (Å²) in [7, 11) is 0. The van der Waals surface area contributed by atoms with Gasteiger partial charge in [-0.15, -0.1) is 0 Å². The van der Waals surface area contributed by atoms with Gasteiger partial charge in [-0.25, -0.2) is 0 Å². The lowest BCUT2D eigenvalue weighted by atomic mass is 9.92. The average molecular weight is 258 g/mol. The van der Waals surface area contributed by atoms with Gasteiger partial charge in [0.15, 0.2) is 0 Å². The predicted octanol–water partition coefficient (Wildman–Crippen LogP) is 0.232. The van der Waals surface area contributed by atoms with Crippen molar-refractivity contribution in [2.75, 3.05) is 39.4 Å². The van der Waals surface area contributed by atoms with Gasteiger partial charge in [0.25, 0.3) is 0 Å². The summed E-state index contributed by atoms with van der Waals surface area (Å²) in [6.45, 7) is 7.43. The molecule has 5 nitrogen and oxygen atoms in total. The third kappa shape index (κ3) is 5.33. The van der Waals surface area contributed by atoms with Crippen LogP contribution in [0.4, 0.5) is 0 Å². The summed E-state index contributed by atoms with van der Waals surface area (Å²) in [5.74, 6) is 0.472. The lowest BCUT2D eigenvalue weighted by molar-refractivity contribution is -0.145. The minimum absolute atomic E-state index is 0.143. The van der Waals surface area contributed by atoms with Gasteiger partial charge in [-0.3, -0.25) is 9.69 Å². The molecule has 5 heteroatoms. The summed E-state index contributed by atoms with van der Waals surface area (Å²) < 4.78 is 4.99. The van der Waals surface area contributed by atoms with E-state index in [1.54, 1.807) is 0 Å². The molecule has 1 fully saturated rings. The van der Waals surface area contributed by atoms with Gasteiger partial charge in [0.05, 0.1) is 19.8 Å². The zero-order valence-corrected chi connectivity index (χ0v) is 11.5. The second kappa shape index (κ2) is 8.45. The molecule has 0 aliphatic carbocycles. The van der Waals surface area contributed by atoms with Crippen LogP contribution in [0.1, 0.15) is 26.7 Å². The summed E-state index contributed by atoms with van der Waals surface area (Å²) in [6, 6.07) is 0.366. The number of ether oxygens (including phenoxy) is 1. The summed E-state index contributed by atoms with van der Waals surface area (Å²) in [6.07, 6.45) is 2.24. The van der Waals surface area contributed by atoms with E-state index in [0.717, 1.165) is 25.9 Å². The lowest BCUT2D eigenvalue weighted by Crippen LogP contribution is -2.51. The molecule has 2 atom stereocenters. The van der Waals surface area contributed by atoms with E-state index < -0.39 is 0 Å². The number of carbonyl (C=O) groups excluding carboxylic acids is 1. The van der Waals surface area contributed by atoms with Crippen LogP contribution in [0, 0.1) is 5.92 Å². The first-order valence-corrected chi connectivity index (χ1v) is 6.91. The van der Waals surface area contributed by atoms with Crippen LogP contribution in [-0.2, 0) is 9.53 Å². The van der Waals surface area contributed by atoms with Crippen LogP contribution in [0.15, 0.2) is 0 Å². The highest BCUT2D eigenvalue weighted by Crippen LogP contribution is 2.19. The van der Waals surface area contributed by atoms with Crippen molar-refractivity contribution in [2.24, 2.45) is 5.92 Å². The maximum atomic E-state index is 11.5. The number of piperidine rings is 1. The maximum Gasteiger partial charge on any atom is 0.320 e. The molecule has 1 heterocycles. The Bertz CT molecular complexity index is 248. The van der Waals surface area contributed by atoms with E-state index >= 15 is 0 Å². The van der Waals surface area contributed by atoms with Crippen molar-refractivity contribution in [1.29, 1.82) is 0 Å². The van der Waals surface area contributed by atoms with Gasteiger partial charge in [0, 0.05) is 25.7 Å². The Morgan fingerprint density at radius 3 is 2.83 bits per heavy atom. The van der Waals surface area contributed by atoms with Gasteiger partial charge in [0.1, 0.15) is 0 Å². The average Bonchev–Trinajstić information content (AvgIpc) is 2.36. The van der Waals surface area contributed by atoms with Crippen LogP contribution in [0.5, 0.6) is 0 Å². The fraction of sp³-hybridized carbons (Fsp3) is 0.923. The molecule has 0 aromatic rings. The number of aliphatic hydroxyl groups excluding tert-OH is 1. The minimum atomic E-state index is -0.143. The largest absolute Gasteiger partial charge is 0.465 e. The molecule has 0 spiro atoms. The van der Waals surface area contributed by atoms with Crippen LogP contribution in [0.25, 0.3) is 0 Å². The van der Waals surface area contributed by atoms with E-state index in [1.165, 1.54) is 0 Å². The number of carbonyl (C=O) groups is 1. The van der Waals surface area contributed by atoms with E-state index in [0.29, 0.717) is 31.7 Å². The Kier molecular flexibility index (Phi) is 7.23. The molecule has 0 aromatic heterocycles. The number of esters is 1. The van der Waals surface area contributed by atoms with Gasteiger partial charge >= 0.3 is 5.97 Å². The van der Waals surface area contributed by atoms with Crippen molar-refractivity contribution in [3.05, 3.63) is 0 Å². The molecule has 1 aliphatic heterocycles. The molecule has 18 heavy (non-hydrogen) atoms. The predicted molar refractivity (Wildman–Crippen MR) is 70.3 cm³/mol. The van der Waals surface area contributed by atoms with Crippen molar-refractivity contribution in [3.8, 4) is 0 Å². The normalized spacial score (nSPS) is 25.1. The molecular weight excluding hydrogens is 232 g/mol. The third-order valence-corrected chi connectivity index (χ3v) is 3.39. The van der Waals surface area contributed by atoms with E-state index in [1.807, 2.05) is 6.92 Å². The number of hydrogen-bond acceptors (Lipinski definition) is 5. The Morgan fingerprint density at radius 1 is 1.44 bits per heavy atom. The van der Waals surface area contributed by atoms with Crippen molar-refractivity contribution >= 4 is 5.97 Å². The molecule has 2 unspecified atom stereocenters. The van der Waals surface area contributed by atoms with E-state index in [9.17, 15) is 4.79 Å². The lowest BCUT2D eigenvalue weighted by Gasteiger charge is -2.37. The molecule has 2 N–H and O–H groups in total. The van der Waals surface area contributed by atoms with Gasteiger partial charge in [-0.1, -0.05) is 13.3 Å². The molecule has 0 saturated carbocycles. The first-order valence-electron chi connectivity index (χ1n) is 6.91. The molecule has 0 bridgehead atoms. The molecule has 1 aliphatic rings. The molecule has 0 radical (unpaired) electrons. The second-order valence-electron chi connectivity index (χ2n) is 4.88. The first-order chi connectivity index (χ1) is 8.69. The molecule has 1 rings (SSSR count). The molecule has 1 saturated heterocycles. The van der Waals surface area contributed by atoms with Gasteiger partial charge in [-0.2, -0.15) is 0 Å². The monoisotopic (exact) mass is 258 g/mol. The molecular formula is C13H26N2O3. The van der Waals surface area contributed by atoms with E-state index in [-0.39, 0.29) is 12.6 Å². The minimum Gasteiger partial charge on any atom is -0.465 e. The fourth-order valence-corrected chi connectivity index (χ4v) is 2.53. The van der Waals surface area contributed by atoms with Crippen LogP contribution in [-0.4, -0.2) is 61.4 Å². The number of aliphatic hydroxyl groups is 1. The van der Waals surface area contributed by atoms with Crippen LogP contribution >= 0.6 is 0 Å². The van der Waals surface area contributed by atoms with Crippen LogP contribution < -0.4 is 5.32 Å². The number of nitrogens with zero attached hydrogens (tertiary/aromatic N) is 1. The number of likely N-dealkylation sites (tertiary alicyclic amines) is 1. The Balaban J connectivity index is 2.43. The highest BCUT2D eigenvalue weighted by Gasteiger charge is 2.27. The zero-order chi connectivity index (χ0) is 13.4. The summed E-state index contributed by atoms with van der Waals surface area (Å²) in [5, 5.41) is 12.2. The number of hydrogen-bond donors (Lipinski definition) is 2. The Hall–Kier alpha value is -0.650. The van der Waals surface area contributed by atoms with Crippen molar-refractivity contribution in [3.63, 3.8) is 0 Å². The van der Waals surface area contributed by atoms with Gasteiger partial charge in [0.2, 0.25) is 0 Å². The summed E-state index contributed by atoms with van der Waals surface area (Å²) in [4.78, 5) is 13.7. The van der Waals surface area contributed by atoms with Crippen LogP contribution in [0.3, 0.4) is 0 Å². The SMILES string of the molecule is CCOC(=O)CN1CC(CC)CC(NCCO)C1. The molecule has 0 amide bonds. The van der Waals surface area contributed by atoms with Crippen molar-refractivity contribution < 1.29 is 14.6 Å². The quantitative estimate of drug-likeness (QED) is 0.640. The first kappa shape index (κ1) is 15.4. The van der Waals surface area contributed by atoms with Crippen LogP contribution in [0.2, 0.25) is 0 Å². The molecule has 0 aromatic carbocycles.